The number of pyridine rings is 1. The van der Waals surface area contributed by atoms with Crippen LogP contribution in [0.1, 0.15) is 16.1 Å². The first-order valence-electron chi connectivity index (χ1n) is 10.3. The van der Waals surface area contributed by atoms with Crippen LogP contribution in [-0.2, 0) is 6.42 Å². The molecule has 3 heterocycles. The fourth-order valence-corrected chi connectivity index (χ4v) is 3.77. The Balaban J connectivity index is 1.41. The number of nitrogens with zero attached hydrogens (tertiary/aromatic N) is 3. The van der Waals surface area contributed by atoms with Gasteiger partial charge >= 0.3 is 0 Å². The summed E-state index contributed by atoms with van der Waals surface area (Å²) < 4.78 is 3.76. The largest absolute Gasteiger partial charge is 0.350 e. The van der Waals surface area contributed by atoms with E-state index in [0.717, 1.165) is 28.9 Å². The summed E-state index contributed by atoms with van der Waals surface area (Å²) in [5.41, 5.74) is 5.00. The van der Waals surface area contributed by atoms with Crippen LogP contribution < -0.4 is 5.32 Å². The number of amides is 1. The maximum absolute atomic E-state index is 12.9. The Kier molecular flexibility index (Phi) is 5.07. The minimum absolute atomic E-state index is 0.136. The summed E-state index contributed by atoms with van der Waals surface area (Å²) in [4.78, 5) is 12.9. The number of carbonyl (C=O) groups excluding carboxylic acids is 1. The molecule has 0 unspecified atom stereocenters. The molecule has 152 valence electrons. The zero-order chi connectivity index (χ0) is 21.0. The van der Waals surface area contributed by atoms with E-state index < -0.39 is 0 Å². The van der Waals surface area contributed by atoms with Crippen molar-refractivity contribution in [3.05, 3.63) is 115 Å². The lowest BCUT2D eigenvalue weighted by Crippen LogP contribution is -2.28. The molecule has 3 aromatic heterocycles. The summed E-state index contributed by atoms with van der Waals surface area (Å²) in [5, 5.41) is 7.45. The number of benzene rings is 2. The molecular weight excluding hydrogens is 384 g/mol. The Labute approximate surface area is 180 Å². The van der Waals surface area contributed by atoms with Crippen molar-refractivity contribution in [2.45, 2.75) is 6.42 Å². The molecule has 0 aliphatic heterocycles. The van der Waals surface area contributed by atoms with Crippen LogP contribution in [0.15, 0.2) is 103 Å². The summed E-state index contributed by atoms with van der Waals surface area (Å²) in [6.45, 7) is 0.571. The molecule has 5 heteroatoms. The summed E-state index contributed by atoms with van der Waals surface area (Å²) in [7, 11) is 0. The fraction of sp³-hybridized carbons (Fsp3) is 0.0769. The minimum atomic E-state index is -0.136. The average Bonchev–Trinajstić information content (AvgIpc) is 3.47. The number of fused-ring (bicyclic) bond motifs is 1. The smallest absolute Gasteiger partial charge is 0.270 e. The molecule has 0 radical (unpaired) electrons. The highest BCUT2D eigenvalue weighted by Gasteiger charge is 2.15. The molecule has 5 nitrogen and oxygen atoms in total. The van der Waals surface area contributed by atoms with E-state index in [4.69, 9.17) is 0 Å². The molecular formula is C26H22N4O. The third kappa shape index (κ3) is 3.85. The lowest BCUT2D eigenvalue weighted by atomic mass is 10.1. The zero-order valence-electron chi connectivity index (χ0n) is 17.0. The van der Waals surface area contributed by atoms with Gasteiger partial charge in [0.15, 0.2) is 0 Å². The topological polar surface area (TPSA) is 51.3 Å². The molecule has 0 saturated carbocycles. The molecule has 0 saturated heterocycles. The molecule has 0 aliphatic rings. The van der Waals surface area contributed by atoms with Crippen molar-refractivity contribution in [1.29, 1.82) is 0 Å². The van der Waals surface area contributed by atoms with E-state index in [2.05, 4.69) is 57.4 Å². The van der Waals surface area contributed by atoms with Crippen LogP contribution in [0.2, 0.25) is 0 Å². The molecule has 0 spiro atoms. The van der Waals surface area contributed by atoms with E-state index in [1.165, 1.54) is 5.56 Å². The van der Waals surface area contributed by atoms with Gasteiger partial charge in [0, 0.05) is 18.3 Å². The van der Waals surface area contributed by atoms with Crippen molar-refractivity contribution >= 4 is 11.4 Å². The molecule has 1 N–H and O–H groups in total. The monoisotopic (exact) mass is 406 g/mol. The first-order valence-corrected chi connectivity index (χ1v) is 10.3. The van der Waals surface area contributed by atoms with Gasteiger partial charge in [0.1, 0.15) is 11.5 Å². The third-order valence-electron chi connectivity index (χ3n) is 5.37. The van der Waals surface area contributed by atoms with Crippen molar-refractivity contribution in [3.63, 3.8) is 0 Å². The van der Waals surface area contributed by atoms with Crippen molar-refractivity contribution in [3.8, 4) is 16.9 Å². The summed E-state index contributed by atoms with van der Waals surface area (Å²) >= 11 is 0. The maximum Gasteiger partial charge on any atom is 0.270 e. The van der Waals surface area contributed by atoms with Gasteiger partial charge in [0.2, 0.25) is 0 Å². The Morgan fingerprint density at radius 2 is 1.55 bits per heavy atom. The highest BCUT2D eigenvalue weighted by Crippen LogP contribution is 2.23. The number of hydrogen-bond donors (Lipinski definition) is 1. The van der Waals surface area contributed by atoms with E-state index in [1.54, 1.807) is 16.9 Å². The van der Waals surface area contributed by atoms with Gasteiger partial charge in [0.25, 0.3) is 5.91 Å². The second kappa shape index (κ2) is 8.32. The van der Waals surface area contributed by atoms with E-state index in [-0.39, 0.29) is 5.91 Å². The van der Waals surface area contributed by atoms with Crippen LogP contribution in [0.3, 0.4) is 0 Å². The quantitative estimate of drug-likeness (QED) is 0.442. The van der Waals surface area contributed by atoms with Crippen LogP contribution in [-0.4, -0.2) is 26.6 Å². The number of hydrogen-bond acceptors (Lipinski definition) is 2. The van der Waals surface area contributed by atoms with E-state index in [9.17, 15) is 4.79 Å². The maximum atomic E-state index is 12.9. The summed E-state index contributed by atoms with van der Waals surface area (Å²) in [6.07, 6.45) is 4.53. The molecule has 0 bridgehead atoms. The second-order valence-electron chi connectivity index (χ2n) is 7.39. The molecule has 31 heavy (non-hydrogen) atoms. The number of nitrogens with one attached hydrogen (secondary N) is 1. The van der Waals surface area contributed by atoms with Crippen molar-refractivity contribution in [2.24, 2.45) is 0 Å². The van der Waals surface area contributed by atoms with Crippen molar-refractivity contribution < 1.29 is 4.79 Å². The van der Waals surface area contributed by atoms with Gasteiger partial charge in [-0.3, -0.25) is 4.79 Å². The van der Waals surface area contributed by atoms with Crippen molar-refractivity contribution in [2.75, 3.05) is 6.54 Å². The summed E-state index contributed by atoms with van der Waals surface area (Å²) in [5.74, 6) is 0.689. The number of carbonyl (C=O) groups is 1. The van der Waals surface area contributed by atoms with E-state index in [1.807, 2.05) is 48.5 Å². The number of aromatic nitrogens is 3. The van der Waals surface area contributed by atoms with Gasteiger partial charge in [-0.25, -0.2) is 4.68 Å². The van der Waals surface area contributed by atoms with Crippen LogP contribution in [0, 0.1) is 0 Å². The zero-order valence-corrected chi connectivity index (χ0v) is 17.0. The van der Waals surface area contributed by atoms with Gasteiger partial charge in [-0.05, 0) is 47.4 Å². The molecule has 0 aliphatic carbocycles. The predicted molar refractivity (Wildman–Crippen MR) is 122 cm³/mol. The third-order valence-corrected chi connectivity index (χ3v) is 5.37. The Morgan fingerprint density at radius 1 is 0.806 bits per heavy atom. The molecule has 5 rings (SSSR count). The van der Waals surface area contributed by atoms with Crippen LogP contribution in [0.4, 0.5) is 0 Å². The van der Waals surface area contributed by atoms with Crippen LogP contribution in [0.5, 0.6) is 0 Å². The lowest BCUT2D eigenvalue weighted by Gasteiger charge is -2.10. The molecule has 0 atom stereocenters. The Bertz CT molecular complexity index is 1320. The SMILES string of the molecule is O=C(NCCc1ccccc1)c1ccnn1-c1ccc2ccc(-c3ccccc3)cn12. The molecule has 1 amide bonds. The Morgan fingerprint density at radius 3 is 2.35 bits per heavy atom. The normalized spacial score (nSPS) is 11.0. The van der Waals surface area contributed by atoms with Gasteiger partial charge in [-0.1, -0.05) is 66.7 Å². The van der Waals surface area contributed by atoms with Gasteiger partial charge in [0.05, 0.1) is 6.20 Å². The van der Waals surface area contributed by atoms with E-state index in [0.29, 0.717) is 12.2 Å². The lowest BCUT2D eigenvalue weighted by molar-refractivity contribution is 0.0946. The van der Waals surface area contributed by atoms with Gasteiger partial charge in [-0.15, -0.1) is 0 Å². The van der Waals surface area contributed by atoms with Crippen molar-refractivity contribution in [1.82, 2.24) is 19.5 Å². The molecule has 0 fully saturated rings. The first kappa shape index (κ1) is 18.9. The average molecular weight is 406 g/mol. The first-order chi connectivity index (χ1) is 15.3. The second-order valence-corrected chi connectivity index (χ2v) is 7.39. The highest BCUT2D eigenvalue weighted by atomic mass is 16.2. The Hall–Kier alpha value is -4.12. The van der Waals surface area contributed by atoms with Gasteiger partial charge in [-0.2, -0.15) is 5.10 Å². The van der Waals surface area contributed by atoms with E-state index >= 15 is 0 Å². The van der Waals surface area contributed by atoms with Crippen LogP contribution in [0.25, 0.3) is 22.5 Å². The number of rotatable bonds is 6. The fourth-order valence-electron chi connectivity index (χ4n) is 3.77. The predicted octanol–water partition coefficient (Wildman–Crippen LogP) is 4.76. The molecule has 2 aromatic carbocycles. The summed E-state index contributed by atoms with van der Waals surface area (Å²) in [6, 6.07) is 30.3. The highest BCUT2D eigenvalue weighted by molar-refractivity contribution is 5.93. The van der Waals surface area contributed by atoms with Gasteiger partial charge < -0.3 is 9.72 Å². The van der Waals surface area contributed by atoms with Crippen LogP contribution >= 0.6 is 0 Å². The standard InChI is InChI=1S/C26H22N4O/c31-26(27-17-15-20-7-3-1-4-8-20)24-16-18-28-30(24)25-14-13-23-12-11-22(19-29(23)25)21-9-5-2-6-10-21/h1-14,16,18-19H,15,17H2,(H,27,31). The molecule has 5 aromatic rings. The minimum Gasteiger partial charge on any atom is -0.350 e.